The Morgan fingerprint density at radius 3 is 2.33 bits per heavy atom. The highest BCUT2D eigenvalue weighted by atomic mass is 32.2. The van der Waals surface area contributed by atoms with Gasteiger partial charge in [-0.15, -0.1) is 0 Å². The predicted octanol–water partition coefficient (Wildman–Crippen LogP) is 3.10. The molecule has 0 saturated heterocycles. The smallest absolute Gasteiger partial charge is 0.263 e. The second-order valence-electron chi connectivity index (χ2n) is 5.03. The maximum Gasteiger partial charge on any atom is 0.270 e. The summed E-state index contributed by atoms with van der Waals surface area (Å²) in [5, 5.41) is 0. The van der Waals surface area contributed by atoms with Crippen LogP contribution in [0.2, 0.25) is 0 Å². The molecule has 21 heavy (non-hydrogen) atoms. The summed E-state index contributed by atoms with van der Waals surface area (Å²) in [6.07, 6.45) is 0.519. The van der Waals surface area contributed by atoms with Crippen LogP contribution in [0.3, 0.4) is 0 Å². The van der Waals surface area contributed by atoms with Crippen molar-refractivity contribution in [2.24, 2.45) is 0 Å². The van der Waals surface area contributed by atoms with Gasteiger partial charge in [-0.05, 0) is 37.1 Å². The van der Waals surface area contributed by atoms with Gasteiger partial charge in [-0.1, -0.05) is 24.3 Å². The van der Waals surface area contributed by atoms with Crippen molar-refractivity contribution in [3.63, 3.8) is 0 Å². The van der Waals surface area contributed by atoms with E-state index in [1.165, 1.54) is 0 Å². The van der Waals surface area contributed by atoms with Crippen LogP contribution >= 0.6 is 0 Å². The zero-order chi connectivity index (χ0) is 15.2. The van der Waals surface area contributed by atoms with E-state index in [0.717, 1.165) is 28.1 Å². The first-order chi connectivity index (χ1) is 9.93. The highest BCUT2D eigenvalue weighted by Crippen LogP contribution is 2.37. The van der Waals surface area contributed by atoms with Crippen LogP contribution in [0.5, 0.6) is 0 Å². The minimum absolute atomic E-state index is 0.383. The second-order valence-corrected chi connectivity index (χ2v) is 6.79. The van der Waals surface area contributed by atoms with E-state index >= 15 is 0 Å². The van der Waals surface area contributed by atoms with E-state index in [2.05, 4.69) is 0 Å². The summed E-state index contributed by atoms with van der Waals surface area (Å²) in [5.74, 6) is -2.15. The number of hydrogen-bond acceptors (Lipinski definition) is 2. The van der Waals surface area contributed by atoms with E-state index in [1.807, 2.05) is 12.1 Å². The Morgan fingerprint density at radius 2 is 1.67 bits per heavy atom. The van der Waals surface area contributed by atoms with Gasteiger partial charge in [-0.3, -0.25) is 4.31 Å². The highest BCUT2D eigenvalue weighted by molar-refractivity contribution is 7.93. The average molecular weight is 309 g/mol. The normalized spacial score (nSPS) is 17.9. The summed E-state index contributed by atoms with van der Waals surface area (Å²) in [4.78, 5) is -0.895. The Bertz CT molecular complexity index is 785. The van der Waals surface area contributed by atoms with Crippen LogP contribution in [0.25, 0.3) is 0 Å². The molecule has 1 aliphatic heterocycles. The summed E-state index contributed by atoms with van der Waals surface area (Å²) in [5.41, 5.74) is 1.33. The Kier molecular flexibility index (Phi) is 3.20. The summed E-state index contributed by atoms with van der Waals surface area (Å²) in [6, 6.07) is 9.64. The molecule has 0 aliphatic carbocycles. The second kappa shape index (κ2) is 4.80. The number of halogens is 2. The number of sulfonamides is 1. The molecule has 2 aromatic carbocycles. The van der Waals surface area contributed by atoms with Crippen molar-refractivity contribution in [3.8, 4) is 0 Å². The fourth-order valence-corrected chi connectivity index (χ4v) is 4.54. The van der Waals surface area contributed by atoms with E-state index < -0.39 is 26.6 Å². The number of nitrogens with zero attached hydrogens (tertiary/aromatic N) is 1. The molecule has 1 unspecified atom stereocenters. The van der Waals surface area contributed by atoms with Gasteiger partial charge < -0.3 is 0 Å². The SMILES string of the molecule is CC1Cc2ccccc2N1S(=O)(=O)c1c(F)cccc1F. The van der Waals surface area contributed by atoms with Crippen LogP contribution < -0.4 is 4.31 Å². The third-order valence-electron chi connectivity index (χ3n) is 3.58. The summed E-state index contributed by atoms with van der Waals surface area (Å²) < 4.78 is 54.2. The molecular formula is C15H13F2NO2S. The fourth-order valence-electron chi connectivity index (χ4n) is 2.73. The van der Waals surface area contributed by atoms with Crippen molar-refractivity contribution in [2.75, 3.05) is 4.31 Å². The van der Waals surface area contributed by atoms with Crippen molar-refractivity contribution in [3.05, 3.63) is 59.7 Å². The fraction of sp³-hybridized carbons (Fsp3) is 0.200. The molecule has 1 atom stereocenters. The van der Waals surface area contributed by atoms with E-state index in [9.17, 15) is 17.2 Å². The maximum absolute atomic E-state index is 13.9. The number of benzene rings is 2. The van der Waals surface area contributed by atoms with Crippen LogP contribution in [0.1, 0.15) is 12.5 Å². The number of fused-ring (bicyclic) bond motifs is 1. The monoisotopic (exact) mass is 309 g/mol. The number of anilines is 1. The summed E-state index contributed by atoms with van der Waals surface area (Å²) in [6.45, 7) is 1.72. The standard InChI is InChI=1S/C15H13F2NO2S/c1-10-9-11-5-2-3-8-14(11)18(10)21(19,20)15-12(16)6-4-7-13(15)17/h2-8,10H,9H2,1H3. The molecule has 0 amide bonds. The molecule has 6 heteroatoms. The molecule has 1 aliphatic rings. The van der Waals surface area contributed by atoms with E-state index in [4.69, 9.17) is 0 Å². The van der Waals surface area contributed by atoms with Gasteiger partial charge in [0.2, 0.25) is 0 Å². The number of rotatable bonds is 2. The Balaban J connectivity index is 2.20. The molecule has 0 radical (unpaired) electrons. The minimum atomic E-state index is -4.28. The van der Waals surface area contributed by atoms with Gasteiger partial charge in [0.05, 0.1) is 5.69 Å². The molecule has 2 aromatic rings. The third kappa shape index (κ3) is 2.10. The summed E-state index contributed by atoms with van der Waals surface area (Å²) >= 11 is 0. The Labute approximate surface area is 121 Å². The molecule has 3 rings (SSSR count). The first-order valence-electron chi connectivity index (χ1n) is 6.49. The molecule has 3 nitrogen and oxygen atoms in total. The zero-order valence-electron chi connectivity index (χ0n) is 11.3. The predicted molar refractivity (Wildman–Crippen MR) is 75.6 cm³/mol. The Morgan fingerprint density at radius 1 is 1.05 bits per heavy atom. The third-order valence-corrected chi connectivity index (χ3v) is 5.56. The van der Waals surface area contributed by atoms with Gasteiger partial charge in [0, 0.05) is 6.04 Å². The molecule has 0 spiro atoms. The van der Waals surface area contributed by atoms with Crippen molar-refractivity contribution >= 4 is 15.7 Å². The minimum Gasteiger partial charge on any atom is -0.263 e. The van der Waals surface area contributed by atoms with Crippen LogP contribution in [0, 0.1) is 11.6 Å². The quantitative estimate of drug-likeness (QED) is 0.855. The lowest BCUT2D eigenvalue weighted by atomic mass is 10.1. The number of para-hydroxylation sites is 1. The zero-order valence-corrected chi connectivity index (χ0v) is 12.1. The van der Waals surface area contributed by atoms with Gasteiger partial charge in [0.1, 0.15) is 11.6 Å². The van der Waals surface area contributed by atoms with E-state index in [1.54, 1.807) is 19.1 Å². The molecule has 0 N–H and O–H groups in total. The van der Waals surface area contributed by atoms with Crippen LogP contribution in [-0.4, -0.2) is 14.5 Å². The molecular weight excluding hydrogens is 296 g/mol. The van der Waals surface area contributed by atoms with Crippen LogP contribution in [0.4, 0.5) is 14.5 Å². The Hall–Kier alpha value is -1.95. The maximum atomic E-state index is 13.9. The van der Waals surface area contributed by atoms with Gasteiger partial charge in [-0.2, -0.15) is 0 Å². The molecule has 110 valence electrons. The van der Waals surface area contributed by atoms with Crippen LogP contribution in [-0.2, 0) is 16.4 Å². The van der Waals surface area contributed by atoms with Gasteiger partial charge >= 0.3 is 0 Å². The lowest BCUT2D eigenvalue weighted by Gasteiger charge is -2.24. The molecule has 0 bridgehead atoms. The molecule has 0 fully saturated rings. The van der Waals surface area contributed by atoms with Crippen LogP contribution in [0.15, 0.2) is 47.4 Å². The number of hydrogen-bond donors (Lipinski definition) is 0. The van der Waals surface area contributed by atoms with Crippen molar-refractivity contribution in [1.82, 2.24) is 0 Å². The average Bonchev–Trinajstić information content (AvgIpc) is 2.74. The van der Waals surface area contributed by atoms with Crippen molar-refractivity contribution in [1.29, 1.82) is 0 Å². The van der Waals surface area contributed by atoms with Crippen molar-refractivity contribution in [2.45, 2.75) is 24.3 Å². The van der Waals surface area contributed by atoms with Gasteiger partial charge in [-0.25, -0.2) is 17.2 Å². The topological polar surface area (TPSA) is 37.4 Å². The highest BCUT2D eigenvalue weighted by Gasteiger charge is 2.38. The lowest BCUT2D eigenvalue weighted by molar-refractivity contribution is 0.515. The first-order valence-corrected chi connectivity index (χ1v) is 7.93. The molecule has 0 saturated carbocycles. The lowest BCUT2D eigenvalue weighted by Crippen LogP contribution is -2.36. The van der Waals surface area contributed by atoms with Gasteiger partial charge in [0.25, 0.3) is 10.0 Å². The molecule has 1 heterocycles. The first kappa shape index (κ1) is 14.0. The van der Waals surface area contributed by atoms with Gasteiger partial charge in [0.15, 0.2) is 4.90 Å². The largest absolute Gasteiger partial charge is 0.270 e. The van der Waals surface area contributed by atoms with E-state index in [-0.39, 0.29) is 6.04 Å². The van der Waals surface area contributed by atoms with E-state index in [0.29, 0.717) is 12.1 Å². The van der Waals surface area contributed by atoms with Crippen molar-refractivity contribution < 1.29 is 17.2 Å². The summed E-state index contributed by atoms with van der Waals surface area (Å²) in [7, 11) is -4.28. The molecule has 0 aromatic heterocycles.